The Kier molecular flexibility index (Phi) is 10.9. The van der Waals surface area contributed by atoms with Crippen molar-refractivity contribution in [1.82, 2.24) is 4.57 Å². The Morgan fingerprint density at radius 3 is 0.823 bits per heavy atom. The summed E-state index contributed by atoms with van der Waals surface area (Å²) in [4.78, 5) is 4.91. The lowest BCUT2D eigenvalue weighted by Gasteiger charge is -2.46. The fourth-order valence-electron chi connectivity index (χ4n) is 13.8. The van der Waals surface area contributed by atoms with Crippen molar-refractivity contribution in [2.24, 2.45) is 0 Å². The second kappa shape index (κ2) is 18.7. The van der Waals surface area contributed by atoms with Gasteiger partial charge in [-0.05, 0) is 146 Å². The van der Waals surface area contributed by atoms with Crippen molar-refractivity contribution in [3.8, 4) is 22.3 Å². The lowest BCUT2D eigenvalue weighted by atomic mass is 9.62. The molecule has 0 radical (unpaired) electrons. The Morgan fingerprint density at radius 2 is 0.532 bits per heavy atom. The minimum absolute atomic E-state index is 0.504. The molecule has 79 heavy (non-hydrogen) atoms. The summed E-state index contributed by atoms with van der Waals surface area (Å²) in [5.74, 6) is 0. The number of benzene rings is 12. The summed E-state index contributed by atoms with van der Waals surface area (Å²) >= 11 is 0. The zero-order valence-corrected chi connectivity index (χ0v) is 43.9. The summed E-state index contributed by atoms with van der Waals surface area (Å²) in [5, 5.41) is 2.52. The first-order valence-electron chi connectivity index (χ1n) is 27.6. The lowest BCUT2D eigenvalue weighted by Crippen LogP contribution is -2.37. The number of anilines is 6. The molecule has 2 aliphatic rings. The predicted molar refractivity (Wildman–Crippen MR) is 329 cm³/mol. The van der Waals surface area contributed by atoms with Crippen LogP contribution >= 0.6 is 0 Å². The molecule has 0 atom stereocenters. The molecule has 0 N–H and O–H groups in total. The largest absolute Gasteiger partial charge is 0.341 e. The molecule has 3 heteroatoms. The quantitative estimate of drug-likeness (QED) is 0.143. The standard InChI is InChI=1S/C76H55N3/c1-2-77-69-49-43-55(53-39-45-61(46-40-53)78-71-35-19-15-31-65(71)75(57-23-7-3-8-24-57,58-25-9-4-10-26-58)66-32-16-20-36-72(66)78)51-63(69)64-52-56(44-50-70(64)77)54-41-47-62(48-42-54)79-73-37-21-17-33-67(73)76(59-27-11-5-12-28-59,60-29-13-6-14-30-60)68-34-18-22-38-74(68)79/h3-52H,2H2,1H3. The smallest absolute Gasteiger partial charge is 0.0742 e. The third kappa shape index (κ3) is 6.99. The molecule has 0 aliphatic carbocycles. The van der Waals surface area contributed by atoms with Gasteiger partial charge in [0.05, 0.1) is 33.6 Å². The van der Waals surface area contributed by atoms with Crippen molar-refractivity contribution in [3.05, 3.63) is 348 Å². The molecule has 13 aromatic rings. The molecule has 0 spiro atoms. The lowest BCUT2D eigenvalue weighted by molar-refractivity contribution is 0.731. The Hall–Kier alpha value is -9.96. The van der Waals surface area contributed by atoms with Crippen molar-refractivity contribution in [2.75, 3.05) is 9.80 Å². The minimum Gasteiger partial charge on any atom is -0.341 e. The number of nitrogens with zero attached hydrogens (tertiary/aromatic N) is 3. The Morgan fingerprint density at radius 1 is 0.266 bits per heavy atom. The highest BCUT2D eigenvalue weighted by Gasteiger charge is 2.48. The third-order valence-corrected chi connectivity index (χ3v) is 17.1. The zero-order chi connectivity index (χ0) is 52.5. The Labute approximate surface area is 462 Å². The summed E-state index contributed by atoms with van der Waals surface area (Å²) in [5.41, 5.74) is 23.2. The number of para-hydroxylation sites is 4. The van der Waals surface area contributed by atoms with Gasteiger partial charge in [0.15, 0.2) is 0 Å². The van der Waals surface area contributed by atoms with Gasteiger partial charge in [0.2, 0.25) is 0 Å². The van der Waals surface area contributed by atoms with Crippen LogP contribution in [0.15, 0.2) is 303 Å². The third-order valence-electron chi connectivity index (χ3n) is 17.1. The molecule has 0 amide bonds. The highest BCUT2D eigenvalue weighted by atomic mass is 15.2. The first kappa shape index (κ1) is 46.4. The van der Waals surface area contributed by atoms with Crippen LogP contribution in [0.3, 0.4) is 0 Å². The molecule has 15 rings (SSSR count). The number of fused-ring (bicyclic) bond motifs is 7. The van der Waals surface area contributed by atoms with Crippen molar-refractivity contribution in [2.45, 2.75) is 24.3 Å². The van der Waals surface area contributed by atoms with Crippen LogP contribution in [0.1, 0.15) is 51.4 Å². The predicted octanol–water partition coefficient (Wildman–Crippen LogP) is 19.5. The maximum atomic E-state index is 2.46. The first-order chi connectivity index (χ1) is 39.2. The van der Waals surface area contributed by atoms with Crippen LogP contribution < -0.4 is 9.80 Å². The van der Waals surface area contributed by atoms with Crippen molar-refractivity contribution in [1.29, 1.82) is 0 Å². The van der Waals surface area contributed by atoms with E-state index in [0.717, 1.165) is 17.9 Å². The van der Waals surface area contributed by atoms with Gasteiger partial charge < -0.3 is 14.4 Å². The van der Waals surface area contributed by atoms with Gasteiger partial charge in [-0.25, -0.2) is 0 Å². The fourth-order valence-corrected chi connectivity index (χ4v) is 13.8. The highest BCUT2D eigenvalue weighted by molar-refractivity contribution is 6.10. The molecular weight excluding hydrogens is 955 g/mol. The summed E-state index contributed by atoms with van der Waals surface area (Å²) in [6.07, 6.45) is 0. The minimum atomic E-state index is -0.504. The SMILES string of the molecule is CCn1c2ccc(-c3ccc(N4c5ccccc5C(c5ccccc5)(c5ccccc5)c5ccccc54)cc3)cc2c2cc(-c3ccc(N4c5ccccc5C(c5ccccc5)(c5ccccc5)c5ccccc54)cc3)ccc21. The zero-order valence-electron chi connectivity index (χ0n) is 43.9. The van der Waals surface area contributed by atoms with Gasteiger partial charge in [-0.15, -0.1) is 0 Å². The van der Waals surface area contributed by atoms with E-state index in [2.05, 4.69) is 325 Å². The van der Waals surface area contributed by atoms with Gasteiger partial charge in [0, 0.05) is 39.7 Å². The van der Waals surface area contributed by atoms with E-state index in [4.69, 9.17) is 0 Å². The van der Waals surface area contributed by atoms with Crippen LogP contribution in [0, 0.1) is 0 Å². The number of aromatic nitrogens is 1. The summed E-state index contributed by atoms with van der Waals surface area (Å²) in [6, 6.07) is 112. The van der Waals surface area contributed by atoms with Gasteiger partial charge in [-0.1, -0.05) is 231 Å². The number of rotatable bonds is 9. The summed E-state index contributed by atoms with van der Waals surface area (Å²) < 4.78 is 2.46. The first-order valence-corrected chi connectivity index (χ1v) is 27.6. The second-order valence-electron chi connectivity index (χ2n) is 21.0. The number of hydrogen-bond acceptors (Lipinski definition) is 2. The molecule has 0 unspecified atom stereocenters. The van der Waals surface area contributed by atoms with E-state index in [9.17, 15) is 0 Å². The van der Waals surface area contributed by atoms with E-state index in [-0.39, 0.29) is 0 Å². The average Bonchev–Trinajstić information content (AvgIpc) is 4.01. The van der Waals surface area contributed by atoms with E-state index < -0.39 is 10.8 Å². The molecular formula is C76H55N3. The van der Waals surface area contributed by atoms with Crippen molar-refractivity contribution < 1.29 is 0 Å². The van der Waals surface area contributed by atoms with Gasteiger partial charge in [0.25, 0.3) is 0 Å². The van der Waals surface area contributed by atoms with E-state index in [1.165, 1.54) is 111 Å². The van der Waals surface area contributed by atoms with Crippen LogP contribution in [0.25, 0.3) is 44.1 Å². The normalized spacial score (nSPS) is 13.8. The maximum Gasteiger partial charge on any atom is 0.0742 e. The molecule has 12 aromatic carbocycles. The molecule has 0 saturated carbocycles. The fraction of sp³-hybridized carbons (Fsp3) is 0.0526. The number of hydrogen-bond donors (Lipinski definition) is 0. The van der Waals surface area contributed by atoms with E-state index in [0.29, 0.717) is 0 Å². The number of aryl methyl sites for hydroxylation is 1. The van der Waals surface area contributed by atoms with Crippen LogP contribution in [0.2, 0.25) is 0 Å². The van der Waals surface area contributed by atoms with E-state index >= 15 is 0 Å². The Balaban J connectivity index is 0.788. The Bertz CT molecular complexity index is 3930. The molecule has 0 fully saturated rings. The van der Waals surface area contributed by atoms with Crippen molar-refractivity contribution in [3.63, 3.8) is 0 Å². The monoisotopic (exact) mass is 1010 g/mol. The average molecular weight is 1010 g/mol. The molecule has 1 aromatic heterocycles. The van der Waals surface area contributed by atoms with Crippen LogP contribution in [-0.4, -0.2) is 4.57 Å². The second-order valence-corrected chi connectivity index (χ2v) is 21.0. The molecule has 3 heterocycles. The highest BCUT2D eigenvalue weighted by Crippen LogP contribution is 2.59. The van der Waals surface area contributed by atoms with E-state index in [1.54, 1.807) is 0 Å². The van der Waals surface area contributed by atoms with Crippen LogP contribution in [0.4, 0.5) is 34.1 Å². The maximum absolute atomic E-state index is 2.46. The van der Waals surface area contributed by atoms with Gasteiger partial charge in [0.1, 0.15) is 0 Å². The van der Waals surface area contributed by atoms with E-state index in [1.807, 2.05) is 0 Å². The summed E-state index contributed by atoms with van der Waals surface area (Å²) in [7, 11) is 0. The molecule has 3 nitrogen and oxygen atoms in total. The van der Waals surface area contributed by atoms with Crippen LogP contribution in [0.5, 0.6) is 0 Å². The summed E-state index contributed by atoms with van der Waals surface area (Å²) in [6.45, 7) is 3.13. The molecule has 0 saturated heterocycles. The van der Waals surface area contributed by atoms with Crippen molar-refractivity contribution >= 4 is 55.9 Å². The van der Waals surface area contributed by atoms with Crippen LogP contribution in [-0.2, 0) is 17.4 Å². The molecule has 374 valence electrons. The topological polar surface area (TPSA) is 11.4 Å². The van der Waals surface area contributed by atoms with Gasteiger partial charge in [-0.3, -0.25) is 0 Å². The van der Waals surface area contributed by atoms with Gasteiger partial charge >= 0.3 is 0 Å². The molecule has 0 bridgehead atoms. The van der Waals surface area contributed by atoms with Gasteiger partial charge in [-0.2, -0.15) is 0 Å². The molecule has 2 aliphatic heterocycles.